The van der Waals surface area contributed by atoms with E-state index in [0.29, 0.717) is 0 Å². The topological polar surface area (TPSA) is 50.9 Å². The van der Waals surface area contributed by atoms with Crippen LogP contribution in [0.3, 0.4) is 0 Å². The van der Waals surface area contributed by atoms with Crippen molar-refractivity contribution in [2.75, 3.05) is 12.8 Å². The highest BCUT2D eigenvalue weighted by Crippen LogP contribution is 2.22. The first kappa shape index (κ1) is 10.6. The van der Waals surface area contributed by atoms with E-state index in [1.165, 1.54) is 0 Å². The zero-order valence-corrected chi connectivity index (χ0v) is 9.22. The van der Waals surface area contributed by atoms with Gasteiger partial charge < -0.3 is 11.1 Å². The van der Waals surface area contributed by atoms with Gasteiger partial charge in [0.25, 0.3) is 0 Å². The van der Waals surface area contributed by atoms with E-state index in [1.54, 1.807) is 6.20 Å². The highest BCUT2D eigenvalue weighted by atomic mass is 14.9. The zero-order chi connectivity index (χ0) is 11.4. The van der Waals surface area contributed by atoms with Crippen molar-refractivity contribution < 1.29 is 0 Å². The summed E-state index contributed by atoms with van der Waals surface area (Å²) in [6.45, 7) is 0. The van der Waals surface area contributed by atoms with Crippen molar-refractivity contribution in [3.63, 3.8) is 0 Å². The summed E-state index contributed by atoms with van der Waals surface area (Å²) in [6, 6.07) is 12.0. The molecule has 0 aliphatic carbocycles. The fourth-order valence-corrected chi connectivity index (χ4v) is 1.81. The maximum absolute atomic E-state index is 5.79. The number of nitrogen functional groups attached to an aromatic ring is 1. The van der Waals surface area contributed by atoms with Gasteiger partial charge in [0, 0.05) is 18.1 Å². The van der Waals surface area contributed by atoms with Crippen LogP contribution in [0.4, 0.5) is 5.69 Å². The molecule has 0 spiro atoms. The van der Waals surface area contributed by atoms with E-state index in [9.17, 15) is 0 Å². The Balaban J connectivity index is 2.37. The van der Waals surface area contributed by atoms with Gasteiger partial charge in [-0.1, -0.05) is 18.2 Å². The van der Waals surface area contributed by atoms with Gasteiger partial charge in [0.1, 0.15) is 0 Å². The molecule has 16 heavy (non-hydrogen) atoms. The third-order valence-corrected chi connectivity index (χ3v) is 2.55. The fourth-order valence-electron chi connectivity index (χ4n) is 1.81. The quantitative estimate of drug-likeness (QED) is 0.766. The van der Waals surface area contributed by atoms with Crippen molar-refractivity contribution in [3.8, 4) is 0 Å². The molecule has 2 aromatic rings. The lowest BCUT2D eigenvalue weighted by atomic mass is 10.00. The number of aromatic nitrogens is 1. The van der Waals surface area contributed by atoms with E-state index in [-0.39, 0.29) is 6.04 Å². The SMILES string of the molecule is CNC(c1cccnc1)c1cccc(N)c1. The van der Waals surface area contributed by atoms with Crippen molar-refractivity contribution in [3.05, 3.63) is 59.9 Å². The van der Waals surface area contributed by atoms with E-state index in [4.69, 9.17) is 5.73 Å². The van der Waals surface area contributed by atoms with Crippen molar-refractivity contribution in [2.45, 2.75) is 6.04 Å². The lowest BCUT2D eigenvalue weighted by Crippen LogP contribution is -2.17. The number of nitrogens with one attached hydrogen (secondary N) is 1. The number of hydrogen-bond acceptors (Lipinski definition) is 3. The third kappa shape index (κ3) is 2.20. The van der Waals surface area contributed by atoms with Crippen LogP contribution < -0.4 is 11.1 Å². The Morgan fingerprint density at radius 1 is 1.19 bits per heavy atom. The summed E-state index contributed by atoms with van der Waals surface area (Å²) in [5.74, 6) is 0. The van der Waals surface area contributed by atoms with E-state index in [1.807, 2.05) is 37.5 Å². The highest BCUT2D eigenvalue weighted by Gasteiger charge is 2.11. The van der Waals surface area contributed by atoms with Gasteiger partial charge in [-0.25, -0.2) is 0 Å². The average molecular weight is 213 g/mol. The monoisotopic (exact) mass is 213 g/mol. The predicted octanol–water partition coefficient (Wildman–Crippen LogP) is 1.97. The number of anilines is 1. The van der Waals surface area contributed by atoms with Gasteiger partial charge in [-0.15, -0.1) is 0 Å². The van der Waals surface area contributed by atoms with Gasteiger partial charge in [0.2, 0.25) is 0 Å². The number of benzene rings is 1. The molecule has 0 saturated carbocycles. The first-order valence-corrected chi connectivity index (χ1v) is 5.24. The molecule has 1 aromatic heterocycles. The second kappa shape index (κ2) is 4.77. The molecule has 1 atom stereocenters. The van der Waals surface area contributed by atoms with E-state index < -0.39 is 0 Å². The smallest absolute Gasteiger partial charge is 0.0590 e. The van der Waals surface area contributed by atoms with Crippen LogP contribution >= 0.6 is 0 Å². The van der Waals surface area contributed by atoms with Crippen LogP contribution in [0.25, 0.3) is 0 Å². The molecule has 1 heterocycles. The predicted molar refractivity (Wildman–Crippen MR) is 66.0 cm³/mol. The molecule has 1 aromatic carbocycles. The van der Waals surface area contributed by atoms with Crippen LogP contribution in [0.5, 0.6) is 0 Å². The molecule has 3 heteroatoms. The molecule has 3 N–H and O–H groups in total. The molecule has 0 aliphatic heterocycles. The highest BCUT2D eigenvalue weighted by molar-refractivity contribution is 5.43. The Hall–Kier alpha value is -1.87. The Kier molecular flexibility index (Phi) is 3.17. The molecule has 0 amide bonds. The number of hydrogen-bond donors (Lipinski definition) is 2. The van der Waals surface area contributed by atoms with Gasteiger partial charge in [-0.05, 0) is 36.4 Å². The minimum absolute atomic E-state index is 0.136. The standard InChI is InChI=1S/C13H15N3/c1-15-13(11-5-3-7-16-9-11)10-4-2-6-12(14)8-10/h2-9,13,15H,14H2,1H3. The average Bonchev–Trinajstić information content (AvgIpc) is 2.31. The molecule has 3 nitrogen and oxygen atoms in total. The number of nitrogens with two attached hydrogens (primary N) is 1. The summed E-state index contributed by atoms with van der Waals surface area (Å²) in [5, 5.41) is 3.27. The summed E-state index contributed by atoms with van der Waals surface area (Å²) < 4.78 is 0. The molecule has 1 unspecified atom stereocenters. The van der Waals surface area contributed by atoms with Gasteiger partial charge in [0.05, 0.1) is 6.04 Å². The van der Waals surface area contributed by atoms with Crippen LogP contribution in [0, 0.1) is 0 Å². The molecule has 0 radical (unpaired) electrons. The van der Waals surface area contributed by atoms with Crippen LogP contribution in [0.15, 0.2) is 48.8 Å². The van der Waals surface area contributed by atoms with Crippen LogP contribution in [-0.4, -0.2) is 12.0 Å². The lowest BCUT2D eigenvalue weighted by Gasteiger charge is -2.17. The van der Waals surface area contributed by atoms with Gasteiger partial charge in [-0.2, -0.15) is 0 Å². The Bertz CT molecular complexity index is 454. The Morgan fingerprint density at radius 3 is 2.62 bits per heavy atom. The molecule has 82 valence electrons. The van der Waals surface area contributed by atoms with Crippen LogP contribution in [-0.2, 0) is 0 Å². The second-order valence-electron chi connectivity index (χ2n) is 3.68. The van der Waals surface area contributed by atoms with Crippen molar-refractivity contribution in [1.82, 2.24) is 10.3 Å². The summed E-state index contributed by atoms with van der Waals surface area (Å²) in [5.41, 5.74) is 8.85. The molecule has 2 rings (SSSR count). The number of rotatable bonds is 3. The molecule has 0 saturated heterocycles. The summed E-state index contributed by atoms with van der Waals surface area (Å²) in [7, 11) is 1.93. The second-order valence-corrected chi connectivity index (χ2v) is 3.68. The van der Waals surface area contributed by atoms with Crippen molar-refractivity contribution in [2.24, 2.45) is 0 Å². The minimum Gasteiger partial charge on any atom is -0.399 e. The zero-order valence-electron chi connectivity index (χ0n) is 9.22. The van der Waals surface area contributed by atoms with Crippen molar-refractivity contribution >= 4 is 5.69 Å². The molecule has 0 bridgehead atoms. The largest absolute Gasteiger partial charge is 0.399 e. The molecule has 0 fully saturated rings. The summed E-state index contributed by atoms with van der Waals surface area (Å²) in [6.07, 6.45) is 3.64. The minimum atomic E-state index is 0.136. The molecular weight excluding hydrogens is 198 g/mol. The van der Waals surface area contributed by atoms with Crippen LogP contribution in [0.2, 0.25) is 0 Å². The van der Waals surface area contributed by atoms with Gasteiger partial charge in [-0.3, -0.25) is 4.98 Å². The van der Waals surface area contributed by atoms with E-state index >= 15 is 0 Å². The van der Waals surface area contributed by atoms with Gasteiger partial charge >= 0.3 is 0 Å². The fraction of sp³-hybridized carbons (Fsp3) is 0.154. The number of pyridine rings is 1. The molecule has 0 aliphatic rings. The van der Waals surface area contributed by atoms with Crippen LogP contribution in [0.1, 0.15) is 17.2 Å². The lowest BCUT2D eigenvalue weighted by molar-refractivity contribution is 0.689. The summed E-state index contributed by atoms with van der Waals surface area (Å²) >= 11 is 0. The third-order valence-electron chi connectivity index (χ3n) is 2.55. The van der Waals surface area contributed by atoms with Gasteiger partial charge in [0.15, 0.2) is 0 Å². The Morgan fingerprint density at radius 2 is 2.00 bits per heavy atom. The first-order chi connectivity index (χ1) is 7.81. The Labute approximate surface area is 95.3 Å². The molecular formula is C13H15N3. The van der Waals surface area contributed by atoms with Crippen molar-refractivity contribution in [1.29, 1.82) is 0 Å². The first-order valence-electron chi connectivity index (χ1n) is 5.24. The maximum atomic E-state index is 5.79. The maximum Gasteiger partial charge on any atom is 0.0590 e. The normalized spacial score (nSPS) is 12.3. The summed E-state index contributed by atoms with van der Waals surface area (Å²) in [4.78, 5) is 4.13. The number of nitrogens with zero attached hydrogens (tertiary/aromatic N) is 1. The van der Waals surface area contributed by atoms with E-state index in [2.05, 4.69) is 22.4 Å². The van der Waals surface area contributed by atoms with E-state index in [0.717, 1.165) is 16.8 Å².